The summed E-state index contributed by atoms with van der Waals surface area (Å²) in [6.07, 6.45) is 12.6. The molecule has 2 N–H and O–H groups in total. The van der Waals surface area contributed by atoms with E-state index in [2.05, 4.69) is 143 Å². The Hall–Kier alpha value is -5.65. The van der Waals surface area contributed by atoms with E-state index < -0.39 is 11.4 Å². The molecule has 1 atom stereocenters. The third-order valence-corrected chi connectivity index (χ3v) is 14.9. The smallest absolute Gasteiger partial charge is 0.305 e. The Bertz CT molecular complexity index is 2680. The van der Waals surface area contributed by atoms with Crippen LogP contribution >= 0.6 is 24.0 Å². The maximum atomic E-state index is 13.7. The number of carboxylic acids is 1. The van der Waals surface area contributed by atoms with Gasteiger partial charge in [-0.2, -0.15) is 0 Å². The van der Waals surface area contributed by atoms with Gasteiger partial charge in [0.05, 0.1) is 17.4 Å². The number of rotatable bonds is 12. The average molecular weight is 880 g/mol. The van der Waals surface area contributed by atoms with Crippen LogP contribution in [0.25, 0.3) is 10.8 Å². The van der Waals surface area contributed by atoms with Crippen molar-refractivity contribution in [2.24, 2.45) is 0 Å². The van der Waals surface area contributed by atoms with Crippen molar-refractivity contribution in [3.63, 3.8) is 0 Å². The van der Waals surface area contributed by atoms with E-state index in [1.807, 2.05) is 35.2 Å². The largest absolute Gasteiger partial charge is 0.481 e. The van der Waals surface area contributed by atoms with E-state index in [0.717, 1.165) is 59.3 Å². The normalized spacial score (nSPS) is 21.4. The summed E-state index contributed by atoms with van der Waals surface area (Å²) in [5.74, 6) is -1.55. The number of nitrogens with zero attached hydrogens (tertiary/aromatic N) is 4. The molecule has 4 aromatic rings. The van der Waals surface area contributed by atoms with Gasteiger partial charge in [0.25, 0.3) is 5.91 Å². The number of para-hydroxylation sites is 1. The van der Waals surface area contributed by atoms with E-state index >= 15 is 0 Å². The Morgan fingerprint density at radius 3 is 2.32 bits per heavy atom. The van der Waals surface area contributed by atoms with Crippen molar-refractivity contribution in [1.29, 1.82) is 0 Å². The minimum atomic E-state index is -0.878. The second-order valence-corrected chi connectivity index (χ2v) is 20.3. The van der Waals surface area contributed by atoms with E-state index in [-0.39, 0.29) is 41.7 Å². The highest BCUT2D eigenvalue weighted by Crippen LogP contribution is 2.51. The number of thiocarbonyl (C=S) groups is 1. The zero-order chi connectivity index (χ0) is 45.0. The number of carbonyl (C=O) groups is 3. The number of thioether (sulfide) groups is 1. The number of unbranched alkanes of at least 4 members (excludes halogenated alkanes) is 1. The molecule has 0 saturated carbocycles. The van der Waals surface area contributed by atoms with Gasteiger partial charge in [-0.15, -0.1) is 0 Å². The van der Waals surface area contributed by atoms with Crippen LogP contribution in [0, 0.1) is 0 Å². The third-order valence-electron chi connectivity index (χ3n) is 13.5. The molecule has 4 aliphatic heterocycles. The lowest BCUT2D eigenvalue weighted by molar-refractivity contribution is -0.136. The van der Waals surface area contributed by atoms with E-state index in [0.29, 0.717) is 21.5 Å². The predicted molar refractivity (Wildman–Crippen MR) is 264 cm³/mol. The Labute approximate surface area is 381 Å². The second kappa shape index (κ2) is 16.8. The van der Waals surface area contributed by atoms with Crippen LogP contribution in [0.2, 0.25) is 0 Å². The standard InChI is InChI=1S/C52H57N5O4S2/c1-9-10-29-55-39-25-23-34(31-37(39)51(4,5)43(55)21-15-20-42-52(6,7)47-35-17-12-11-16-33(35)22-24-40(47)54(42)8)53-45(58)32-57-48(61)41(63-49(57)62)26-27-44-50(2,3)36-18-13-14-19-38(36)56(44)30-28-46(59)60/h11-27,31,43H,9-10,28-30,32H2,1-8H3,(H,53,58)(H,59,60)/b21-15+,41-26+,42-20+,44-27-. The molecule has 0 aromatic heterocycles. The number of carboxylic acid groups (broad SMARTS) is 1. The van der Waals surface area contributed by atoms with E-state index in [9.17, 15) is 19.5 Å². The van der Waals surface area contributed by atoms with Gasteiger partial charge in [-0.3, -0.25) is 19.3 Å². The molecule has 1 fully saturated rings. The van der Waals surface area contributed by atoms with Gasteiger partial charge in [-0.05, 0) is 82.4 Å². The summed E-state index contributed by atoms with van der Waals surface area (Å²) in [6.45, 7) is 16.6. The second-order valence-electron chi connectivity index (χ2n) is 18.6. The molecule has 11 heteroatoms. The molecule has 326 valence electrons. The molecule has 63 heavy (non-hydrogen) atoms. The zero-order valence-corrected chi connectivity index (χ0v) is 39.1. The minimum Gasteiger partial charge on any atom is -0.481 e. The van der Waals surface area contributed by atoms with Crippen LogP contribution in [-0.4, -0.2) is 64.8 Å². The van der Waals surface area contributed by atoms with Crippen molar-refractivity contribution in [2.75, 3.05) is 46.7 Å². The molecule has 4 aliphatic rings. The van der Waals surface area contributed by atoms with Crippen LogP contribution < -0.4 is 20.0 Å². The number of fused-ring (bicyclic) bond motifs is 5. The monoisotopic (exact) mass is 879 g/mol. The highest BCUT2D eigenvalue weighted by Gasteiger charge is 2.44. The molecular formula is C52H57N5O4S2. The van der Waals surface area contributed by atoms with E-state index in [1.165, 1.54) is 32.6 Å². The molecule has 0 spiro atoms. The molecule has 9 nitrogen and oxygen atoms in total. The van der Waals surface area contributed by atoms with Crippen LogP contribution in [0.1, 0.15) is 84.4 Å². The van der Waals surface area contributed by atoms with Crippen LogP contribution in [-0.2, 0) is 30.6 Å². The summed E-state index contributed by atoms with van der Waals surface area (Å²) >= 11 is 6.80. The summed E-state index contributed by atoms with van der Waals surface area (Å²) in [7, 11) is 2.16. The van der Waals surface area contributed by atoms with Crippen molar-refractivity contribution >= 4 is 79.6 Å². The number of hydrogen-bond acceptors (Lipinski definition) is 8. The number of anilines is 4. The molecule has 0 aliphatic carbocycles. The molecule has 0 radical (unpaired) electrons. The summed E-state index contributed by atoms with van der Waals surface area (Å²) in [4.78, 5) is 47.6. The highest BCUT2D eigenvalue weighted by molar-refractivity contribution is 8.26. The van der Waals surface area contributed by atoms with Crippen molar-refractivity contribution in [3.8, 4) is 0 Å². The lowest BCUT2D eigenvalue weighted by Gasteiger charge is -2.32. The average Bonchev–Trinajstić information content (AvgIpc) is 3.80. The van der Waals surface area contributed by atoms with E-state index in [4.69, 9.17) is 12.2 Å². The maximum absolute atomic E-state index is 13.7. The van der Waals surface area contributed by atoms with Gasteiger partial charge in [0.1, 0.15) is 10.9 Å². The number of hydrogen-bond donors (Lipinski definition) is 2. The molecule has 4 aromatic carbocycles. The first kappa shape index (κ1) is 44.0. The number of likely N-dealkylation sites (N-methyl/N-ethyl adjacent to an activating group) is 1. The molecule has 0 bridgehead atoms. The lowest BCUT2D eigenvalue weighted by Crippen LogP contribution is -2.40. The fourth-order valence-corrected chi connectivity index (χ4v) is 11.4. The van der Waals surface area contributed by atoms with Gasteiger partial charge < -0.3 is 25.1 Å². The Kier molecular flexibility index (Phi) is 11.7. The van der Waals surface area contributed by atoms with Gasteiger partial charge in [0, 0.05) is 70.5 Å². The molecular weight excluding hydrogens is 823 g/mol. The first-order chi connectivity index (χ1) is 30.0. The highest BCUT2D eigenvalue weighted by atomic mass is 32.2. The number of amides is 2. The first-order valence-electron chi connectivity index (χ1n) is 21.9. The van der Waals surface area contributed by atoms with Gasteiger partial charge in [0.2, 0.25) is 5.91 Å². The molecule has 1 unspecified atom stereocenters. The maximum Gasteiger partial charge on any atom is 0.305 e. The van der Waals surface area contributed by atoms with Gasteiger partial charge >= 0.3 is 5.97 Å². The van der Waals surface area contributed by atoms with Crippen LogP contribution in [0.15, 0.2) is 126 Å². The Morgan fingerprint density at radius 2 is 1.56 bits per heavy atom. The van der Waals surface area contributed by atoms with Crippen LogP contribution in [0.3, 0.4) is 0 Å². The Morgan fingerprint density at radius 1 is 0.825 bits per heavy atom. The van der Waals surface area contributed by atoms with Crippen molar-refractivity contribution < 1.29 is 19.5 Å². The quantitative estimate of drug-likeness (QED) is 0.107. The summed E-state index contributed by atoms with van der Waals surface area (Å²) in [5.41, 5.74) is 8.91. The Balaban J connectivity index is 0.984. The fourth-order valence-electron chi connectivity index (χ4n) is 10.2. The summed E-state index contributed by atoms with van der Waals surface area (Å²) in [6, 6.07) is 27.3. The van der Waals surface area contributed by atoms with Crippen LogP contribution in [0.5, 0.6) is 0 Å². The van der Waals surface area contributed by atoms with E-state index in [1.54, 1.807) is 6.08 Å². The van der Waals surface area contributed by atoms with Gasteiger partial charge in [-0.25, -0.2) is 0 Å². The van der Waals surface area contributed by atoms with Crippen molar-refractivity contribution in [2.45, 2.75) is 90.0 Å². The fraction of sp³-hybridized carbons (Fsp3) is 0.346. The molecule has 1 saturated heterocycles. The first-order valence-corrected chi connectivity index (χ1v) is 23.1. The zero-order valence-electron chi connectivity index (χ0n) is 37.5. The molecule has 2 amide bonds. The number of carbonyl (C=O) groups excluding carboxylic acids is 2. The SMILES string of the molecule is CCCCN1c2ccc(NC(=O)CN3C(=O)/C(=C\C=C4/N(CCC(=O)O)c5ccccc5C4(C)C)SC3=S)cc2C(C)(C)C1/C=C/C=C1/N(C)c2ccc3ccccc3c2C1(C)C. The number of nitrogens with one attached hydrogen (secondary N) is 1. The van der Waals surface area contributed by atoms with Crippen LogP contribution in [0.4, 0.5) is 22.7 Å². The van der Waals surface area contributed by atoms with Crippen molar-refractivity contribution in [1.82, 2.24) is 4.90 Å². The third kappa shape index (κ3) is 7.77. The van der Waals surface area contributed by atoms with Gasteiger partial charge in [-0.1, -0.05) is 140 Å². The van der Waals surface area contributed by atoms with Gasteiger partial charge in [0.15, 0.2) is 0 Å². The number of aliphatic carboxylic acids is 1. The summed E-state index contributed by atoms with van der Waals surface area (Å²) in [5, 5.41) is 15.1. The lowest BCUT2D eigenvalue weighted by atomic mass is 9.79. The molecule has 4 heterocycles. The predicted octanol–water partition coefficient (Wildman–Crippen LogP) is 10.8. The topological polar surface area (TPSA) is 96.4 Å². The summed E-state index contributed by atoms with van der Waals surface area (Å²) < 4.78 is 0.312. The van der Waals surface area contributed by atoms with Crippen molar-refractivity contribution in [3.05, 3.63) is 142 Å². The minimum absolute atomic E-state index is 0.0292. The molecule has 8 rings (SSSR count). The number of allylic oxidation sites excluding steroid dienone is 6. The number of benzene rings is 4.